The van der Waals surface area contributed by atoms with Crippen LogP contribution in [0.3, 0.4) is 0 Å². The van der Waals surface area contributed by atoms with Crippen LogP contribution < -0.4 is 5.32 Å². The number of likely N-dealkylation sites (tertiary alicyclic amines) is 1. The minimum absolute atomic E-state index is 0.185. The molecule has 7 nitrogen and oxygen atoms in total. The SMILES string of the molecule is CC.CC1CCCCC1.CCCC.Cc1ccccc1-c1cc(CN2CCCC2CC2CC2)ccc1C(=O)NC(CCS(C)(=O)=O)C(=O)O. The fourth-order valence-electron chi connectivity index (χ4n) is 6.46. The minimum atomic E-state index is -3.35. The predicted octanol–water partition coefficient (Wildman–Crippen LogP) is 9.46. The monoisotopic (exact) mass is 698 g/mol. The van der Waals surface area contributed by atoms with Gasteiger partial charge in [-0.05, 0) is 85.4 Å². The average molecular weight is 699 g/mol. The Labute approximate surface area is 298 Å². The number of nitrogens with one attached hydrogen (secondary N) is 1. The van der Waals surface area contributed by atoms with Crippen LogP contribution >= 0.6 is 0 Å². The zero-order valence-electron chi connectivity index (χ0n) is 31.6. The van der Waals surface area contributed by atoms with Gasteiger partial charge in [0.2, 0.25) is 0 Å². The van der Waals surface area contributed by atoms with E-state index in [1.807, 2.05) is 51.1 Å². The molecule has 2 aliphatic carbocycles. The van der Waals surface area contributed by atoms with Crippen LogP contribution in [0.5, 0.6) is 0 Å². The Hall–Kier alpha value is -2.71. The van der Waals surface area contributed by atoms with E-state index in [2.05, 4.69) is 37.1 Å². The molecule has 2 saturated carbocycles. The molecule has 1 aliphatic heterocycles. The first-order valence-electron chi connectivity index (χ1n) is 19.1. The van der Waals surface area contributed by atoms with E-state index in [0.717, 1.165) is 53.4 Å². The minimum Gasteiger partial charge on any atom is -0.480 e. The average Bonchev–Trinajstić information content (AvgIpc) is 3.81. The first-order valence-corrected chi connectivity index (χ1v) is 21.1. The molecule has 1 amide bonds. The number of aliphatic carboxylic acids is 1. The molecule has 2 atom stereocenters. The van der Waals surface area contributed by atoms with Crippen molar-refractivity contribution in [2.24, 2.45) is 11.8 Å². The van der Waals surface area contributed by atoms with Gasteiger partial charge in [-0.2, -0.15) is 0 Å². The molecule has 5 rings (SSSR count). The van der Waals surface area contributed by atoms with Gasteiger partial charge < -0.3 is 10.4 Å². The zero-order chi connectivity index (χ0) is 36.4. The van der Waals surface area contributed by atoms with E-state index < -0.39 is 27.8 Å². The lowest BCUT2D eigenvalue weighted by molar-refractivity contribution is -0.139. The van der Waals surface area contributed by atoms with Crippen LogP contribution in [0.4, 0.5) is 0 Å². The van der Waals surface area contributed by atoms with Gasteiger partial charge in [-0.1, -0.05) is 123 Å². The summed E-state index contributed by atoms with van der Waals surface area (Å²) in [6, 6.07) is 12.9. The van der Waals surface area contributed by atoms with Crippen molar-refractivity contribution in [3.63, 3.8) is 0 Å². The number of carbonyl (C=O) groups excluding carboxylic acids is 1. The number of aryl methyl sites for hydroxylation is 1. The summed E-state index contributed by atoms with van der Waals surface area (Å²) in [6.45, 7) is 14.6. The largest absolute Gasteiger partial charge is 0.480 e. The van der Waals surface area contributed by atoms with E-state index in [-0.39, 0.29) is 12.2 Å². The lowest BCUT2D eigenvalue weighted by Gasteiger charge is -2.25. The molecule has 276 valence electrons. The Morgan fingerprint density at radius 3 is 2.10 bits per heavy atom. The van der Waals surface area contributed by atoms with Gasteiger partial charge in [0.15, 0.2) is 0 Å². The van der Waals surface area contributed by atoms with Gasteiger partial charge in [0, 0.05) is 24.4 Å². The zero-order valence-corrected chi connectivity index (χ0v) is 32.4. The van der Waals surface area contributed by atoms with E-state index in [4.69, 9.17) is 0 Å². The number of nitrogens with zero attached hydrogens (tertiary/aromatic N) is 1. The van der Waals surface area contributed by atoms with Gasteiger partial charge in [0.25, 0.3) is 5.91 Å². The van der Waals surface area contributed by atoms with Crippen LogP contribution in [0.15, 0.2) is 42.5 Å². The van der Waals surface area contributed by atoms with Crippen molar-refractivity contribution in [3.05, 3.63) is 59.2 Å². The van der Waals surface area contributed by atoms with Crippen LogP contribution in [0.1, 0.15) is 140 Å². The fraction of sp³-hybridized carbons (Fsp3) is 0.659. The molecule has 1 saturated heterocycles. The fourth-order valence-corrected chi connectivity index (χ4v) is 7.12. The van der Waals surface area contributed by atoms with Crippen molar-refractivity contribution in [2.45, 2.75) is 144 Å². The summed E-state index contributed by atoms with van der Waals surface area (Å²) >= 11 is 0. The molecule has 2 N–H and O–H groups in total. The first-order chi connectivity index (χ1) is 23.4. The van der Waals surface area contributed by atoms with E-state index in [0.29, 0.717) is 11.6 Å². The molecular formula is C41H66N2O5S. The van der Waals surface area contributed by atoms with Crippen LogP contribution in [0.25, 0.3) is 11.1 Å². The van der Waals surface area contributed by atoms with Crippen molar-refractivity contribution in [1.82, 2.24) is 10.2 Å². The number of carboxylic acids is 1. The Morgan fingerprint density at radius 2 is 1.57 bits per heavy atom. The third kappa shape index (κ3) is 15.8. The highest BCUT2D eigenvalue weighted by atomic mass is 32.2. The highest BCUT2D eigenvalue weighted by Crippen LogP contribution is 2.38. The quantitative estimate of drug-likeness (QED) is 0.229. The molecule has 0 aromatic heterocycles. The molecule has 2 aromatic carbocycles. The van der Waals surface area contributed by atoms with Crippen LogP contribution in [0, 0.1) is 18.8 Å². The summed E-state index contributed by atoms with van der Waals surface area (Å²) < 4.78 is 23.1. The number of hydrogen-bond donors (Lipinski definition) is 2. The molecule has 1 heterocycles. The Bertz CT molecular complexity index is 1380. The van der Waals surface area contributed by atoms with Gasteiger partial charge >= 0.3 is 5.97 Å². The second-order valence-corrected chi connectivity index (χ2v) is 16.4. The van der Waals surface area contributed by atoms with E-state index in [1.165, 1.54) is 77.0 Å². The maximum Gasteiger partial charge on any atom is 0.326 e. The third-order valence-electron chi connectivity index (χ3n) is 9.73. The summed E-state index contributed by atoms with van der Waals surface area (Å²) in [5.74, 6) is -0.167. The van der Waals surface area contributed by atoms with Gasteiger partial charge in [-0.3, -0.25) is 9.69 Å². The number of amides is 1. The molecule has 3 aliphatic rings. The Kier molecular flexibility index (Phi) is 19.2. The summed E-state index contributed by atoms with van der Waals surface area (Å²) in [5, 5.41) is 12.1. The molecule has 2 unspecified atom stereocenters. The standard InChI is InChI=1S/C28H36N2O5S.C7H14.C4H10.C2H6/c1-19-6-3-4-8-23(19)25-17-21(18-30-14-5-7-22(30)16-20-9-10-20)11-12-24(25)27(31)29-26(28(32)33)13-15-36(2,34)35;1-7-5-3-2-4-6-7;1-3-4-2;1-2/h3-4,6,8,11-12,17,20,22,26H,5,7,9-10,13-16,18H2,1-2H3,(H,29,31)(H,32,33);7H,2-6H2,1H3;3-4H2,1-2H3;1-2H3. The number of carbonyl (C=O) groups is 2. The first kappa shape index (κ1) is 42.5. The van der Waals surface area contributed by atoms with Crippen molar-refractivity contribution >= 4 is 21.7 Å². The molecule has 3 fully saturated rings. The number of benzene rings is 2. The van der Waals surface area contributed by atoms with Crippen LogP contribution in [0.2, 0.25) is 0 Å². The number of sulfone groups is 1. The van der Waals surface area contributed by atoms with Crippen LogP contribution in [-0.2, 0) is 21.2 Å². The van der Waals surface area contributed by atoms with Crippen molar-refractivity contribution < 1.29 is 23.1 Å². The van der Waals surface area contributed by atoms with Crippen LogP contribution in [-0.4, -0.2) is 60.9 Å². The van der Waals surface area contributed by atoms with E-state index >= 15 is 0 Å². The second-order valence-electron chi connectivity index (χ2n) is 14.2. The van der Waals surface area contributed by atoms with Gasteiger partial charge in [0.1, 0.15) is 15.9 Å². The van der Waals surface area contributed by atoms with E-state index in [1.54, 1.807) is 6.07 Å². The predicted molar refractivity (Wildman–Crippen MR) is 205 cm³/mol. The van der Waals surface area contributed by atoms with Gasteiger partial charge in [-0.25, -0.2) is 13.2 Å². The maximum absolute atomic E-state index is 13.3. The lowest BCUT2D eigenvalue weighted by Crippen LogP contribution is -2.42. The lowest BCUT2D eigenvalue weighted by atomic mass is 9.91. The maximum atomic E-state index is 13.3. The number of carboxylic acid groups (broad SMARTS) is 1. The second kappa shape index (κ2) is 22.2. The van der Waals surface area contributed by atoms with Gasteiger partial charge in [0.05, 0.1) is 5.75 Å². The summed E-state index contributed by atoms with van der Waals surface area (Å²) in [5.41, 5.74) is 4.20. The highest BCUT2D eigenvalue weighted by Gasteiger charge is 2.32. The normalized spacial score (nSPS) is 18.5. The molecule has 2 aromatic rings. The molecule has 0 spiro atoms. The number of rotatable bonds is 12. The smallest absolute Gasteiger partial charge is 0.326 e. The summed E-state index contributed by atoms with van der Waals surface area (Å²) in [7, 11) is -3.35. The molecular weight excluding hydrogens is 633 g/mol. The topological polar surface area (TPSA) is 104 Å². The third-order valence-corrected chi connectivity index (χ3v) is 10.7. The molecule has 49 heavy (non-hydrogen) atoms. The Balaban J connectivity index is 0.000000542. The number of hydrogen-bond acceptors (Lipinski definition) is 5. The van der Waals surface area contributed by atoms with Crippen molar-refractivity contribution in [2.75, 3.05) is 18.6 Å². The molecule has 0 radical (unpaired) electrons. The van der Waals surface area contributed by atoms with E-state index in [9.17, 15) is 23.1 Å². The highest BCUT2D eigenvalue weighted by molar-refractivity contribution is 7.90. The van der Waals surface area contributed by atoms with Crippen molar-refractivity contribution in [3.8, 4) is 11.1 Å². The summed E-state index contributed by atoms with van der Waals surface area (Å²) in [6.07, 6.45) is 17.4. The molecule has 8 heteroatoms. The van der Waals surface area contributed by atoms with Crippen molar-refractivity contribution in [1.29, 1.82) is 0 Å². The number of unbranched alkanes of at least 4 members (excludes halogenated alkanes) is 1. The molecule has 0 bridgehead atoms. The van der Waals surface area contributed by atoms with Gasteiger partial charge in [-0.15, -0.1) is 0 Å². The summed E-state index contributed by atoms with van der Waals surface area (Å²) in [4.78, 5) is 27.6. The Morgan fingerprint density at radius 1 is 0.918 bits per heavy atom.